The Hall–Kier alpha value is -2.73. The Kier molecular flexibility index (Phi) is 6.03. The van der Waals surface area contributed by atoms with Crippen molar-refractivity contribution in [3.8, 4) is 23.0 Å². The van der Waals surface area contributed by atoms with Gasteiger partial charge in [-0.25, -0.2) is 0 Å². The third kappa shape index (κ3) is 3.78. The summed E-state index contributed by atoms with van der Waals surface area (Å²) < 4.78 is 20.8. The summed E-state index contributed by atoms with van der Waals surface area (Å²) in [4.78, 5) is 12.4. The average Bonchev–Trinajstić information content (AvgIpc) is 2.61. The highest BCUT2D eigenvalue weighted by Gasteiger charge is 2.25. The molecule has 0 saturated heterocycles. The van der Waals surface area contributed by atoms with Crippen molar-refractivity contribution in [2.24, 2.45) is 0 Å². The molecular formula is C18H20O6. The second-order valence-electron chi connectivity index (χ2n) is 4.94. The summed E-state index contributed by atoms with van der Waals surface area (Å²) in [6.45, 7) is 0.0945. The SMILES string of the molecule is COc1cc(OC)c(C(=O)COCc2ccccc2)c(O)c1OC. The van der Waals surface area contributed by atoms with Crippen LogP contribution in [-0.4, -0.2) is 38.8 Å². The minimum absolute atomic E-state index is 0.00297. The maximum Gasteiger partial charge on any atom is 0.204 e. The molecule has 128 valence electrons. The Morgan fingerprint density at radius 3 is 2.25 bits per heavy atom. The number of benzene rings is 2. The van der Waals surface area contributed by atoms with Gasteiger partial charge in [-0.2, -0.15) is 0 Å². The first-order valence-corrected chi connectivity index (χ1v) is 7.29. The lowest BCUT2D eigenvalue weighted by atomic mass is 10.1. The van der Waals surface area contributed by atoms with Crippen LogP contribution < -0.4 is 14.2 Å². The fourth-order valence-electron chi connectivity index (χ4n) is 2.29. The van der Waals surface area contributed by atoms with Gasteiger partial charge < -0.3 is 24.1 Å². The van der Waals surface area contributed by atoms with E-state index in [2.05, 4.69) is 0 Å². The van der Waals surface area contributed by atoms with E-state index in [1.807, 2.05) is 30.3 Å². The second kappa shape index (κ2) is 8.21. The van der Waals surface area contributed by atoms with Crippen LogP contribution in [0.25, 0.3) is 0 Å². The van der Waals surface area contributed by atoms with E-state index in [1.165, 1.54) is 27.4 Å². The molecule has 0 aliphatic carbocycles. The summed E-state index contributed by atoms with van der Waals surface area (Å²) in [7, 11) is 4.22. The zero-order valence-corrected chi connectivity index (χ0v) is 13.9. The smallest absolute Gasteiger partial charge is 0.204 e. The molecule has 6 heteroatoms. The third-order valence-corrected chi connectivity index (χ3v) is 3.45. The van der Waals surface area contributed by atoms with E-state index < -0.39 is 5.78 Å². The van der Waals surface area contributed by atoms with Gasteiger partial charge in [-0.1, -0.05) is 30.3 Å². The van der Waals surface area contributed by atoms with Crippen molar-refractivity contribution >= 4 is 5.78 Å². The van der Waals surface area contributed by atoms with Gasteiger partial charge in [0, 0.05) is 6.07 Å². The number of rotatable bonds is 8. The van der Waals surface area contributed by atoms with Gasteiger partial charge >= 0.3 is 0 Å². The van der Waals surface area contributed by atoms with E-state index in [0.29, 0.717) is 6.61 Å². The molecule has 0 aliphatic rings. The van der Waals surface area contributed by atoms with Gasteiger partial charge in [-0.15, -0.1) is 0 Å². The number of ketones is 1. The summed E-state index contributed by atoms with van der Waals surface area (Å²) in [5.74, 6) is -0.208. The quantitative estimate of drug-likeness (QED) is 0.749. The molecule has 0 radical (unpaired) electrons. The molecular weight excluding hydrogens is 312 g/mol. The predicted octanol–water partition coefficient (Wildman–Crippen LogP) is 2.82. The van der Waals surface area contributed by atoms with E-state index in [-0.39, 0.29) is 35.2 Å². The Morgan fingerprint density at radius 2 is 1.67 bits per heavy atom. The summed E-state index contributed by atoms with van der Waals surface area (Å²) in [6, 6.07) is 11.0. The summed E-state index contributed by atoms with van der Waals surface area (Å²) in [5.41, 5.74) is 0.956. The van der Waals surface area contributed by atoms with E-state index in [9.17, 15) is 9.90 Å². The van der Waals surface area contributed by atoms with Crippen LogP contribution in [-0.2, 0) is 11.3 Å². The first-order valence-electron chi connectivity index (χ1n) is 7.29. The maximum atomic E-state index is 12.4. The first kappa shape index (κ1) is 17.6. The molecule has 0 amide bonds. The van der Waals surface area contributed by atoms with Gasteiger partial charge in [-0.05, 0) is 5.56 Å². The molecule has 0 aliphatic heterocycles. The molecule has 2 aromatic rings. The lowest BCUT2D eigenvalue weighted by Gasteiger charge is -2.16. The van der Waals surface area contributed by atoms with Gasteiger partial charge in [0.05, 0.1) is 27.9 Å². The van der Waals surface area contributed by atoms with E-state index in [0.717, 1.165) is 5.56 Å². The zero-order valence-electron chi connectivity index (χ0n) is 13.9. The Morgan fingerprint density at radius 1 is 1.00 bits per heavy atom. The minimum Gasteiger partial charge on any atom is -0.504 e. The largest absolute Gasteiger partial charge is 0.504 e. The van der Waals surface area contributed by atoms with Crippen LogP contribution in [0.1, 0.15) is 15.9 Å². The molecule has 0 fully saturated rings. The molecule has 0 saturated carbocycles. The van der Waals surface area contributed by atoms with Crippen LogP contribution >= 0.6 is 0 Å². The number of hydrogen-bond donors (Lipinski definition) is 1. The Balaban J connectivity index is 2.18. The summed E-state index contributed by atoms with van der Waals surface area (Å²) in [5, 5.41) is 10.3. The van der Waals surface area contributed by atoms with Crippen molar-refractivity contribution in [1.29, 1.82) is 0 Å². The molecule has 0 unspecified atom stereocenters. The first-order chi connectivity index (χ1) is 11.6. The molecule has 0 bridgehead atoms. The predicted molar refractivity (Wildman–Crippen MR) is 88.2 cm³/mol. The van der Waals surface area contributed by atoms with Crippen molar-refractivity contribution in [2.75, 3.05) is 27.9 Å². The third-order valence-electron chi connectivity index (χ3n) is 3.45. The van der Waals surface area contributed by atoms with E-state index in [1.54, 1.807) is 0 Å². The second-order valence-corrected chi connectivity index (χ2v) is 4.94. The fraction of sp³-hybridized carbons (Fsp3) is 0.278. The number of phenolic OH excluding ortho intramolecular Hbond substituents is 1. The lowest BCUT2D eigenvalue weighted by Crippen LogP contribution is -2.11. The molecule has 0 heterocycles. The van der Waals surface area contributed by atoms with Crippen molar-refractivity contribution < 1.29 is 28.8 Å². The topological polar surface area (TPSA) is 74.2 Å². The normalized spacial score (nSPS) is 10.3. The summed E-state index contributed by atoms with van der Waals surface area (Å²) in [6.07, 6.45) is 0. The molecule has 24 heavy (non-hydrogen) atoms. The Bertz CT molecular complexity index is 696. The van der Waals surface area contributed by atoms with Crippen molar-refractivity contribution in [3.63, 3.8) is 0 Å². The number of hydrogen-bond acceptors (Lipinski definition) is 6. The van der Waals surface area contributed by atoms with Crippen LogP contribution in [0.15, 0.2) is 36.4 Å². The highest BCUT2D eigenvalue weighted by molar-refractivity contribution is 6.03. The number of Topliss-reactive ketones (excluding diaryl/α,β-unsaturated/α-hetero) is 1. The monoisotopic (exact) mass is 332 g/mol. The van der Waals surface area contributed by atoms with Gasteiger partial charge in [-0.3, -0.25) is 4.79 Å². The molecule has 2 aromatic carbocycles. The van der Waals surface area contributed by atoms with Crippen LogP contribution in [0, 0.1) is 0 Å². The van der Waals surface area contributed by atoms with Crippen molar-refractivity contribution in [2.45, 2.75) is 6.61 Å². The van der Waals surface area contributed by atoms with Crippen LogP contribution in [0.5, 0.6) is 23.0 Å². The number of phenols is 1. The van der Waals surface area contributed by atoms with Crippen LogP contribution in [0.3, 0.4) is 0 Å². The van der Waals surface area contributed by atoms with Crippen molar-refractivity contribution in [3.05, 3.63) is 47.5 Å². The summed E-state index contributed by atoms with van der Waals surface area (Å²) >= 11 is 0. The van der Waals surface area contributed by atoms with Gasteiger partial charge in [0.2, 0.25) is 5.75 Å². The molecule has 0 atom stereocenters. The highest BCUT2D eigenvalue weighted by Crippen LogP contribution is 2.44. The zero-order chi connectivity index (χ0) is 17.5. The average molecular weight is 332 g/mol. The lowest BCUT2D eigenvalue weighted by molar-refractivity contribution is 0.0720. The molecule has 0 aromatic heterocycles. The van der Waals surface area contributed by atoms with Gasteiger partial charge in [0.25, 0.3) is 0 Å². The number of aromatic hydroxyl groups is 1. The molecule has 6 nitrogen and oxygen atoms in total. The van der Waals surface area contributed by atoms with E-state index >= 15 is 0 Å². The standard InChI is InChI=1S/C18H20O6/c1-21-14-9-15(22-2)18(23-3)17(20)16(14)13(19)11-24-10-12-7-5-4-6-8-12/h4-9,20H,10-11H2,1-3H3. The number of ether oxygens (including phenoxy) is 4. The number of methoxy groups -OCH3 is 3. The van der Waals surface area contributed by atoms with Gasteiger partial charge in [0.1, 0.15) is 17.9 Å². The number of carbonyl (C=O) groups excluding carboxylic acids is 1. The molecule has 2 rings (SSSR count). The van der Waals surface area contributed by atoms with Crippen LogP contribution in [0.2, 0.25) is 0 Å². The van der Waals surface area contributed by atoms with Gasteiger partial charge in [0.15, 0.2) is 17.3 Å². The molecule has 0 spiro atoms. The van der Waals surface area contributed by atoms with E-state index in [4.69, 9.17) is 18.9 Å². The molecule has 1 N–H and O–H groups in total. The minimum atomic E-state index is -0.416. The van der Waals surface area contributed by atoms with Crippen LogP contribution in [0.4, 0.5) is 0 Å². The highest BCUT2D eigenvalue weighted by atomic mass is 16.5. The fourth-order valence-corrected chi connectivity index (χ4v) is 2.29. The maximum absolute atomic E-state index is 12.4. The van der Waals surface area contributed by atoms with Crippen molar-refractivity contribution in [1.82, 2.24) is 0 Å². The Labute approximate surface area is 140 Å². The number of carbonyl (C=O) groups is 1.